The molecular formula is C13H19NOS. The van der Waals surface area contributed by atoms with Gasteiger partial charge in [0.25, 0.3) is 0 Å². The molecule has 0 aromatic carbocycles. The van der Waals surface area contributed by atoms with Crippen LogP contribution >= 0.6 is 11.3 Å². The van der Waals surface area contributed by atoms with E-state index >= 15 is 0 Å². The fourth-order valence-electron chi connectivity index (χ4n) is 1.49. The fourth-order valence-corrected chi connectivity index (χ4v) is 2.44. The molecule has 1 aromatic rings. The van der Waals surface area contributed by atoms with E-state index in [1.807, 2.05) is 25.3 Å². The first kappa shape index (κ1) is 13.0. The topological polar surface area (TPSA) is 29.1 Å². The van der Waals surface area contributed by atoms with Gasteiger partial charge in [0.15, 0.2) is 0 Å². The number of hydrogen-bond acceptors (Lipinski definition) is 2. The van der Waals surface area contributed by atoms with E-state index in [-0.39, 0.29) is 11.9 Å². The summed E-state index contributed by atoms with van der Waals surface area (Å²) in [5.74, 6) is 0.389. The molecule has 0 saturated carbocycles. The van der Waals surface area contributed by atoms with E-state index in [1.165, 1.54) is 4.88 Å². The Bertz CT molecular complexity index is 361. The van der Waals surface area contributed by atoms with Crippen molar-refractivity contribution in [1.82, 2.24) is 5.32 Å². The zero-order valence-corrected chi connectivity index (χ0v) is 11.1. The number of hydrogen-bond donors (Lipinski definition) is 1. The van der Waals surface area contributed by atoms with Crippen LogP contribution in [-0.2, 0) is 4.79 Å². The molecule has 16 heavy (non-hydrogen) atoms. The number of rotatable bonds is 4. The molecule has 1 N–H and O–H groups in total. The summed E-state index contributed by atoms with van der Waals surface area (Å²) in [7, 11) is 0. The molecule has 0 aliphatic rings. The molecule has 0 spiro atoms. The van der Waals surface area contributed by atoms with Gasteiger partial charge in [0.05, 0.1) is 6.04 Å². The second-order valence-electron chi connectivity index (χ2n) is 4.47. The first-order valence-electron chi connectivity index (χ1n) is 5.49. The van der Waals surface area contributed by atoms with Crippen molar-refractivity contribution in [1.29, 1.82) is 0 Å². The van der Waals surface area contributed by atoms with Crippen molar-refractivity contribution >= 4 is 17.2 Å². The standard InChI is InChI=1S/C13H19NOS/c1-9(2)8-12(15)14-13(10(3)4)11-6-5-7-16-11/h5-8,10,13H,1-4H3,(H,14,15). The summed E-state index contributed by atoms with van der Waals surface area (Å²) in [6, 6.07) is 4.20. The average Bonchev–Trinajstić information content (AvgIpc) is 2.64. The summed E-state index contributed by atoms with van der Waals surface area (Å²) < 4.78 is 0. The van der Waals surface area contributed by atoms with Gasteiger partial charge in [-0.1, -0.05) is 25.5 Å². The van der Waals surface area contributed by atoms with Crippen molar-refractivity contribution in [2.45, 2.75) is 33.7 Å². The molecule has 0 aliphatic carbocycles. The Kier molecular flexibility index (Phi) is 4.74. The van der Waals surface area contributed by atoms with Crippen LogP contribution in [0.4, 0.5) is 0 Å². The third-order valence-corrected chi connectivity index (χ3v) is 3.19. The molecule has 0 aliphatic heterocycles. The van der Waals surface area contributed by atoms with Crippen molar-refractivity contribution in [2.24, 2.45) is 5.92 Å². The minimum Gasteiger partial charge on any atom is -0.345 e. The molecule has 1 amide bonds. The lowest BCUT2D eigenvalue weighted by atomic mass is 10.0. The summed E-state index contributed by atoms with van der Waals surface area (Å²) in [4.78, 5) is 12.9. The van der Waals surface area contributed by atoms with Gasteiger partial charge in [-0.05, 0) is 31.2 Å². The highest BCUT2D eigenvalue weighted by molar-refractivity contribution is 7.10. The van der Waals surface area contributed by atoms with Crippen LogP contribution in [0, 0.1) is 5.92 Å². The van der Waals surface area contributed by atoms with E-state index in [0.29, 0.717) is 5.92 Å². The van der Waals surface area contributed by atoms with Crippen molar-refractivity contribution in [2.75, 3.05) is 0 Å². The van der Waals surface area contributed by atoms with E-state index in [4.69, 9.17) is 0 Å². The maximum absolute atomic E-state index is 11.7. The van der Waals surface area contributed by atoms with E-state index in [0.717, 1.165) is 5.57 Å². The lowest BCUT2D eigenvalue weighted by molar-refractivity contribution is -0.117. The van der Waals surface area contributed by atoms with E-state index < -0.39 is 0 Å². The molecule has 0 bridgehead atoms. The van der Waals surface area contributed by atoms with Crippen LogP contribution in [0.2, 0.25) is 0 Å². The van der Waals surface area contributed by atoms with Gasteiger partial charge in [-0.15, -0.1) is 11.3 Å². The zero-order valence-electron chi connectivity index (χ0n) is 10.3. The van der Waals surface area contributed by atoms with Crippen LogP contribution < -0.4 is 5.32 Å². The predicted octanol–water partition coefficient (Wildman–Crippen LogP) is 3.53. The molecule has 2 nitrogen and oxygen atoms in total. The number of allylic oxidation sites excluding steroid dienone is 1. The first-order valence-corrected chi connectivity index (χ1v) is 6.37. The number of carbonyl (C=O) groups excluding carboxylic acids is 1. The highest BCUT2D eigenvalue weighted by atomic mass is 32.1. The van der Waals surface area contributed by atoms with Crippen LogP contribution in [0.5, 0.6) is 0 Å². The van der Waals surface area contributed by atoms with Gasteiger partial charge in [-0.3, -0.25) is 4.79 Å². The smallest absolute Gasteiger partial charge is 0.244 e. The zero-order chi connectivity index (χ0) is 12.1. The lowest BCUT2D eigenvalue weighted by Crippen LogP contribution is -2.29. The second-order valence-corrected chi connectivity index (χ2v) is 5.45. The highest BCUT2D eigenvalue weighted by Crippen LogP contribution is 2.25. The Hall–Kier alpha value is -1.09. The molecular weight excluding hydrogens is 218 g/mol. The SMILES string of the molecule is CC(C)=CC(=O)NC(c1cccs1)C(C)C. The van der Waals surface area contributed by atoms with Gasteiger partial charge in [-0.2, -0.15) is 0 Å². The summed E-state index contributed by atoms with van der Waals surface area (Å²) in [5, 5.41) is 5.08. The Morgan fingerprint density at radius 3 is 2.56 bits per heavy atom. The van der Waals surface area contributed by atoms with Crippen LogP contribution in [0.25, 0.3) is 0 Å². The fraction of sp³-hybridized carbons (Fsp3) is 0.462. The molecule has 1 unspecified atom stereocenters. The number of carbonyl (C=O) groups is 1. The van der Waals surface area contributed by atoms with Crippen LogP contribution in [0.15, 0.2) is 29.2 Å². The average molecular weight is 237 g/mol. The third kappa shape index (κ3) is 3.81. The predicted molar refractivity (Wildman–Crippen MR) is 69.5 cm³/mol. The van der Waals surface area contributed by atoms with Crippen molar-refractivity contribution in [3.8, 4) is 0 Å². The van der Waals surface area contributed by atoms with Crippen LogP contribution in [0.1, 0.15) is 38.6 Å². The maximum atomic E-state index is 11.7. The monoisotopic (exact) mass is 237 g/mol. The van der Waals surface area contributed by atoms with Crippen LogP contribution in [0.3, 0.4) is 0 Å². The molecule has 1 atom stereocenters. The highest BCUT2D eigenvalue weighted by Gasteiger charge is 2.17. The molecule has 1 rings (SSSR count). The van der Waals surface area contributed by atoms with Crippen molar-refractivity contribution < 1.29 is 4.79 Å². The largest absolute Gasteiger partial charge is 0.345 e. The van der Waals surface area contributed by atoms with Gasteiger partial charge in [0.1, 0.15) is 0 Å². The van der Waals surface area contributed by atoms with Gasteiger partial charge < -0.3 is 5.32 Å². The summed E-state index contributed by atoms with van der Waals surface area (Å²) >= 11 is 1.68. The quantitative estimate of drug-likeness (QED) is 0.797. The second kappa shape index (κ2) is 5.85. The minimum atomic E-state index is -0.00731. The number of amides is 1. The lowest BCUT2D eigenvalue weighted by Gasteiger charge is -2.20. The normalized spacial score (nSPS) is 12.3. The molecule has 88 valence electrons. The van der Waals surface area contributed by atoms with Crippen molar-refractivity contribution in [3.05, 3.63) is 34.0 Å². The van der Waals surface area contributed by atoms with E-state index in [1.54, 1.807) is 17.4 Å². The summed E-state index contributed by atoms with van der Waals surface area (Å²) in [5.41, 5.74) is 1.02. The minimum absolute atomic E-state index is 0.00731. The molecule has 3 heteroatoms. The van der Waals surface area contributed by atoms with Gasteiger partial charge >= 0.3 is 0 Å². The van der Waals surface area contributed by atoms with Gasteiger partial charge in [0, 0.05) is 11.0 Å². The van der Waals surface area contributed by atoms with E-state index in [2.05, 4.69) is 25.2 Å². The Morgan fingerprint density at radius 1 is 1.44 bits per heavy atom. The van der Waals surface area contributed by atoms with E-state index in [9.17, 15) is 4.79 Å². The summed E-state index contributed by atoms with van der Waals surface area (Å²) in [6.45, 7) is 8.09. The molecule has 1 heterocycles. The molecule has 1 aromatic heterocycles. The first-order chi connectivity index (χ1) is 7.50. The molecule has 0 saturated heterocycles. The molecule has 0 fully saturated rings. The Labute approximate surface area is 101 Å². The number of thiophene rings is 1. The summed E-state index contributed by atoms with van der Waals surface area (Å²) in [6.07, 6.45) is 1.64. The third-order valence-electron chi connectivity index (χ3n) is 2.23. The Balaban J connectivity index is 2.74. The van der Waals surface area contributed by atoms with Gasteiger partial charge in [-0.25, -0.2) is 0 Å². The van der Waals surface area contributed by atoms with Crippen LogP contribution in [-0.4, -0.2) is 5.91 Å². The molecule has 0 radical (unpaired) electrons. The Morgan fingerprint density at radius 2 is 2.12 bits per heavy atom. The van der Waals surface area contributed by atoms with Gasteiger partial charge in [0.2, 0.25) is 5.91 Å². The maximum Gasteiger partial charge on any atom is 0.244 e. The number of nitrogens with one attached hydrogen (secondary N) is 1. The van der Waals surface area contributed by atoms with Crippen molar-refractivity contribution in [3.63, 3.8) is 0 Å².